The van der Waals surface area contributed by atoms with Gasteiger partial charge in [0.2, 0.25) is 0 Å². The molecule has 0 radical (unpaired) electrons. The van der Waals surface area contributed by atoms with Crippen LogP contribution in [0, 0.1) is 0 Å². The molecule has 2 heterocycles. The van der Waals surface area contributed by atoms with Crippen molar-refractivity contribution in [1.29, 1.82) is 0 Å². The van der Waals surface area contributed by atoms with Crippen LogP contribution in [-0.2, 0) is 27.4 Å². The van der Waals surface area contributed by atoms with Crippen LogP contribution in [0.1, 0.15) is 47.3 Å². The number of aromatic nitrogens is 1. The number of methoxy groups -OCH3 is 1. The Kier molecular flexibility index (Phi) is 4.87. The van der Waals surface area contributed by atoms with Crippen molar-refractivity contribution in [2.24, 2.45) is 0 Å². The van der Waals surface area contributed by atoms with Crippen LogP contribution in [0.2, 0.25) is 0 Å². The van der Waals surface area contributed by atoms with Gasteiger partial charge >= 0.3 is 18.0 Å². The van der Waals surface area contributed by atoms with E-state index in [0.717, 1.165) is 0 Å². The number of rotatable bonds is 3. The number of fused-ring (bicyclic) bond motifs is 1. The molecule has 0 saturated heterocycles. The zero-order chi connectivity index (χ0) is 18.9. The second-order valence-electron chi connectivity index (χ2n) is 6.57. The minimum Gasteiger partial charge on any atom is -0.475 e. The largest absolute Gasteiger partial charge is 0.475 e. The number of carbonyl (C=O) groups is 4. The van der Waals surface area contributed by atoms with Gasteiger partial charge in [0.25, 0.3) is 5.78 Å². The highest BCUT2D eigenvalue weighted by molar-refractivity contribution is 6.39. The summed E-state index contributed by atoms with van der Waals surface area (Å²) in [5.41, 5.74) is -0.396. The van der Waals surface area contributed by atoms with Gasteiger partial charge < -0.3 is 24.0 Å². The molecule has 1 N–H and O–H groups in total. The summed E-state index contributed by atoms with van der Waals surface area (Å²) in [4.78, 5) is 48.5. The zero-order valence-corrected chi connectivity index (χ0v) is 14.5. The van der Waals surface area contributed by atoms with Gasteiger partial charge in [-0.3, -0.25) is 4.79 Å². The molecule has 1 aliphatic heterocycles. The quantitative estimate of drug-likeness (QED) is 0.495. The third-order valence-electron chi connectivity index (χ3n) is 3.63. The number of carboxylic acids is 1. The molecule has 0 spiro atoms. The smallest absolute Gasteiger partial charge is 0.410 e. The van der Waals surface area contributed by atoms with Gasteiger partial charge in [0, 0.05) is 13.1 Å². The third-order valence-corrected chi connectivity index (χ3v) is 3.63. The summed E-state index contributed by atoms with van der Waals surface area (Å²) in [6.45, 7) is 5.60. The Morgan fingerprint density at radius 3 is 2.32 bits per heavy atom. The fourth-order valence-electron chi connectivity index (χ4n) is 2.56. The maximum Gasteiger partial charge on any atom is 0.410 e. The Balaban J connectivity index is 2.39. The summed E-state index contributed by atoms with van der Waals surface area (Å²) >= 11 is 0. The highest BCUT2D eigenvalue weighted by Crippen LogP contribution is 2.25. The molecule has 25 heavy (non-hydrogen) atoms. The average molecular weight is 352 g/mol. The van der Waals surface area contributed by atoms with Crippen molar-refractivity contribution in [3.05, 3.63) is 23.0 Å². The second-order valence-corrected chi connectivity index (χ2v) is 6.57. The predicted octanol–water partition coefficient (Wildman–Crippen LogP) is 1.29. The number of ketones is 1. The van der Waals surface area contributed by atoms with E-state index in [4.69, 9.17) is 9.84 Å². The number of hydrogen-bond acceptors (Lipinski definition) is 6. The van der Waals surface area contributed by atoms with Crippen molar-refractivity contribution in [3.63, 3.8) is 0 Å². The van der Waals surface area contributed by atoms with E-state index in [9.17, 15) is 19.2 Å². The van der Waals surface area contributed by atoms with Gasteiger partial charge in [-0.2, -0.15) is 0 Å². The van der Waals surface area contributed by atoms with Gasteiger partial charge in [-0.15, -0.1) is 0 Å². The maximum atomic E-state index is 12.2. The van der Waals surface area contributed by atoms with Crippen molar-refractivity contribution in [2.45, 2.75) is 39.5 Å². The van der Waals surface area contributed by atoms with Crippen LogP contribution in [0.25, 0.3) is 0 Å². The average Bonchev–Trinajstić information content (AvgIpc) is 2.90. The first kappa shape index (κ1) is 18.5. The highest BCUT2D eigenvalue weighted by Gasteiger charge is 2.33. The van der Waals surface area contributed by atoms with Crippen LogP contribution in [0.4, 0.5) is 4.79 Å². The van der Waals surface area contributed by atoms with Crippen molar-refractivity contribution in [3.8, 4) is 0 Å². The van der Waals surface area contributed by atoms with E-state index in [2.05, 4.69) is 4.74 Å². The number of esters is 1. The van der Waals surface area contributed by atoms with E-state index in [1.807, 2.05) is 0 Å². The second kappa shape index (κ2) is 6.58. The Hall–Kier alpha value is -2.84. The summed E-state index contributed by atoms with van der Waals surface area (Å²) < 4.78 is 11.4. The summed E-state index contributed by atoms with van der Waals surface area (Å²) in [7, 11) is 1.18. The lowest BCUT2D eigenvalue weighted by Gasteiger charge is -2.31. The van der Waals surface area contributed by atoms with E-state index in [-0.39, 0.29) is 30.9 Å². The van der Waals surface area contributed by atoms with Gasteiger partial charge in [0.05, 0.1) is 30.6 Å². The Morgan fingerprint density at radius 1 is 1.16 bits per heavy atom. The molecule has 136 valence electrons. The lowest BCUT2D eigenvalue weighted by molar-refractivity contribution is -0.131. The molecule has 0 atom stereocenters. The van der Waals surface area contributed by atoms with E-state index >= 15 is 0 Å². The van der Waals surface area contributed by atoms with E-state index in [0.29, 0.717) is 5.69 Å². The van der Waals surface area contributed by atoms with Crippen molar-refractivity contribution >= 4 is 23.8 Å². The number of hydrogen-bond donors (Lipinski definition) is 1. The summed E-state index contributed by atoms with van der Waals surface area (Å²) in [5.74, 6) is -3.45. The Morgan fingerprint density at radius 2 is 1.80 bits per heavy atom. The number of carboxylic acid groups (broad SMARTS) is 1. The van der Waals surface area contributed by atoms with E-state index in [1.54, 1.807) is 20.8 Å². The standard InChI is InChI=1S/C16H20N2O7/c1-16(2,3)25-15(23)17-5-6-18-10(12(19)13(20)21)7-9(11(18)8-17)14(22)24-4/h7H,5-6,8H2,1-4H3,(H,20,21). The predicted molar refractivity (Wildman–Crippen MR) is 84.4 cm³/mol. The van der Waals surface area contributed by atoms with Crippen molar-refractivity contribution in [2.75, 3.05) is 13.7 Å². The number of carbonyl (C=O) groups excluding carboxylic acids is 3. The molecular weight excluding hydrogens is 332 g/mol. The van der Waals surface area contributed by atoms with Gasteiger partial charge in [0.15, 0.2) is 0 Å². The van der Waals surface area contributed by atoms with E-state index in [1.165, 1.54) is 22.6 Å². The van der Waals surface area contributed by atoms with Crippen LogP contribution >= 0.6 is 0 Å². The molecule has 2 rings (SSSR count). The maximum absolute atomic E-state index is 12.2. The van der Waals surface area contributed by atoms with Gasteiger partial charge in [0.1, 0.15) is 5.60 Å². The minimum absolute atomic E-state index is 0.00620. The van der Waals surface area contributed by atoms with Gasteiger partial charge in [-0.1, -0.05) is 0 Å². The number of Topliss-reactive ketones (excluding diaryl/α,β-unsaturated/α-hetero) is 1. The molecule has 1 aromatic heterocycles. The fourth-order valence-corrected chi connectivity index (χ4v) is 2.56. The summed E-state index contributed by atoms with van der Waals surface area (Å²) in [5, 5.41) is 8.95. The molecular formula is C16H20N2O7. The molecule has 9 nitrogen and oxygen atoms in total. The highest BCUT2D eigenvalue weighted by atomic mass is 16.6. The SMILES string of the molecule is COC(=O)c1cc(C(=O)C(=O)O)n2c1CN(C(=O)OC(C)(C)C)CC2. The molecule has 1 aromatic rings. The monoisotopic (exact) mass is 352 g/mol. The summed E-state index contributed by atoms with van der Waals surface area (Å²) in [6.07, 6.45) is -0.554. The van der Waals surface area contributed by atoms with Crippen LogP contribution in [0.15, 0.2) is 6.07 Å². The first-order valence-corrected chi connectivity index (χ1v) is 7.61. The molecule has 9 heteroatoms. The number of ether oxygens (including phenoxy) is 2. The molecule has 0 aromatic carbocycles. The first-order valence-electron chi connectivity index (χ1n) is 7.61. The molecule has 1 aliphatic rings. The zero-order valence-electron chi connectivity index (χ0n) is 14.5. The van der Waals surface area contributed by atoms with Crippen LogP contribution in [0.5, 0.6) is 0 Å². The Bertz CT molecular complexity index is 742. The van der Waals surface area contributed by atoms with Crippen LogP contribution in [0.3, 0.4) is 0 Å². The number of amides is 1. The lowest BCUT2D eigenvalue weighted by Crippen LogP contribution is -2.42. The molecule has 0 fully saturated rings. The van der Waals surface area contributed by atoms with Crippen molar-refractivity contribution in [1.82, 2.24) is 9.47 Å². The van der Waals surface area contributed by atoms with Crippen LogP contribution in [-0.4, -0.2) is 57.6 Å². The van der Waals surface area contributed by atoms with Crippen LogP contribution < -0.4 is 0 Å². The number of aliphatic carboxylic acids is 1. The normalized spacial score (nSPS) is 13.8. The molecule has 1 amide bonds. The fraction of sp³-hybridized carbons (Fsp3) is 0.500. The first-order chi connectivity index (χ1) is 11.5. The van der Waals surface area contributed by atoms with Crippen molar-refractivity contribution < 1.29 is 33.8 Å². The topological polar surface area (TPSA) is 115 Å². The summed E-state index contributed by atoms with van der Waals surface area (Å²) in [6, 6.07) is 1.19. The lowest BCUT2D eigenvalue weighted by atomic mass is 10.2. The Labute approximate surface area is 144 Å². The van der Waals surface area contributed by atoms with Gasteiger partial charge in [-0.25, -0.2) is 14.4 Å². The minimum atomic E-state index is -1.62. The third kappa shape index (κ3) is 3.81. The molecule has 0 unspecified atom stereocenters. The number of nitrogens with zero attached hydrogens (tertiary/aromatic N) is 2. The molecule has 0 saturated carbocycles. The molecule has 0 aliphatic carbocycles. The van der Waals surface area contributed by atoms with Gasteiger partial charge in [-0.05, 0) is 26.8 Å². The van der Waals surface area contributed by atoms with E-state index < -0.39 is 29.4 Å². The molecule has 0 bridgehead atoms.